The third-order valence-corrected chi connectivity index (χ3v) is 1.92. The van der Waals surface area contributed by atoms with Crippen LogP contribution in [0.1, 0.15) is 13.8 Å². The van der Waals surface area contributed by atoms with Gasteiger partial charge in [0.2, 0.25) is 0 Å². The first-order valence-corrected chi connectivity index (χ1v) is 4.41. The molecule has 0 fully saturated rings. The molecule has 0 aliphatic heterocycles. The summed E-state index contributed by atoms with van der Waals surface area (Å²) < 4.78 is 0. The molecular formula is C9H11ClN2O. The van der Waals surface area contributed by atoms with Gasteiger partial charge >= 0.3 is 0 Å². The second-order valence-corrected chi connectivity index (χ2v) is 3.43. The maximum atomic E-state index is 10.5. The number of rotatable bonds is 3. The van der Waals surface area contributed by atoms with Crippen molar-refractivity contribution < 1.29 is 0 Å². The molecule has 0 bridgehead atoms. The van der Waals surface area contributed by atoms with Gasteiger partial charge in [-0.1, -0.05) is 11.6 Å². The minimum absolute atomic E-state index is 0.0543. The lowest BCUT2D eigenvalue weighted by Gasteiger charge is -2.18. The average molecular weight is 199 g/mol. The monoisotopic (exact) mass is 198 g/mol. The fourth-order valence-electron chi connectivity index (χ4n) is 1.03. The zero-order chi connectivity index (χ0) is 9.84. The lowest BCUT2D eigenvalue weighted by Crippen LogP contribution is -2.23. The van der Waals surface area contributed by atoms with Gasteiger partial charge in [-0.15, -0.1) is 4.91 Å². The van der Waals surface area contributed by atoms with Crippen LogP contribution < -0.4 is 5.01 Å². The highest BCUT2D eigenvalue weighted by molar-refractivity contribution is 6.30. The predicted molar refractivity (Wildman–Crippen MR) is 54.9 cm³/mol. The Morgan fingerprint density at radius 2 is 1.85 bits per heavy atom. The average Bonchev–Trinajstić information content (AvgIpc) is 2.09. The number of halogens is 1. The third kappa shape index (κ3) is 2.42. The van der Waals surface area contributed by atoms with E-state index in [4.69, 9.17) is 11.6 Å². The minimum Gasteiger partial charge on any atom is -0.227 e. The first-order valence-electron chi connectivity index (χ1n) is 4.03. The van der Waals surface area contributed by atoms with Crippen molar-refractivity contribution in [1.29, 1.82) is 0 Å². The largest absolute Gasteiger partial charge is 0.227 e. The van der Waals surface area contributed by atoms with Crippen LogP contribution in [0.3, 0.4) is 0 Å². The summed E-state index contributed by atoms with van der Waals surface area (Å²) in [6.07, 6.45) is 0. The van der Waals surface area contributed by atoms with E-state index in [1.54, 1.807) is 24.3 Å². The van der Waals surface area contributed by atoms with Crippen molar-refractivity contribution in [3.8, 4) is 0 Å². The van der Waals surface area contributed by atoms with Crippen molar-refractivity contribution >= 4 is 17.3 Å². The molecule has 0 aliphatic rings. The van der Waals surface area contributed by atoms with Gasteiger partial charge in [0.25, 0.3) is 0 Å². The van der Waals surface area contributed by atoms with E-state index in [0.717, 1.165) is 5.69 Å². The Hall–Kier alpha value is -1.09. The van der Waals surface area contributed by atoms with E-state index in [2.05, 4.69) is 5.29 Å². The van der Waals surface area contributed by atoms with E-state index in [1.165, 1.54) is 5.01 Å². The van der Waals surface area contributed by atoms with Crippen LogP contribution in [0.5, 0.6) is 0 Å². The topological polar surface area (TPSA) is 32.7 Å². The van der Waals surface area contributed by atoms with Gasteiger partial charge in [-0.25, -0.2) is 5.01 Å². The standard InChI is InChI=1S/C9H11ClN2O/c1-7(2)12(11-13)9-5-3-8(10)4-6-9/h3-7H,1-2H3. The molecule has 1 aromatic carbocycles. The third-order valence-electron chi connectivity index (χ3n) is 1.67. The summed E-state index contributed by atoms with van der Waals surface area (Å²) in [5, 5.41) is 4.98. The van der Waals surface area contributed by atoms with Gasteiger partial charge in [0.1, 0.15) is 0 Å². The lowest BCUT2D eigenvalue weighted by atomic mass is 10.3. The Morgan fingerprint density at radius 3 is 2.23 bits per heavy atom. The van der Waals surface area contributed by atoms with Crippen molar-refractivity contribution in [2.24, 2.45) is 5.29 Å². The molecule has 0 saturated carbocycles. The number of hydrogen-bond donors (Lipinski definition) is 0. The summed E-state index contributed by atoms with van der Waals surface area (Å²) >= 11 is 5.71. The number of nitroso groups, excluding NO2 is 1. The first-order chi connectivity index (χ1) is 6.15. The Bertz CT molecular complexity index is 284. The van der Waals surface area contributed by atoms with Gasteiger partial charge in [0.05, 0.1) is 17.0 Å². The number of hydrogen-bond acceptors (Lipinski definition) is 2. The van der Waals surface area contributed by atoms with Gasteiger partial charge in [-0.2, -0.15) is 0 Å². The number of benzene rings is 1. The summed E-state index contributed by atoms with van der Waals surface area (Å²) in [6.45, 7) is 3.80. The fraction of sp³-hybridized carbons (Fsp3) is 0.333. The highest BCUT2D eigenvalue weighted by Gasteiger charge is 2.09. The highest BCUT2D eigenvalue weighted by atomic mass is 35.5. The Morgan fingerprint density at radius 1 is 1.31 bits per heavy atom. The maximum Gasteiger partial charge on any atom is 0.0630 e. The SMILES string of the molecule is CC(C)N(N=O)c1ccc(Cl)cc1. The van der Waals surface area contributed by atoms with Crippen LogP contribution in [-0.2, 0) is 0 Å². The molecule has 0 radical (unpaired) electrons. The molecule has 0 unspecified atom stereocenters. The molecule has 4 heteroatoms. The summed E-state index contributed by atoms with van der Waals surface area (Å²) in [5.74, 6) is 0. The van der Waals surface area contributed by atoms with E-state index in [1.807, 2.05) is 13.8 Å². The molecule has 1 rings (SSSR count). The highest BCUT2D eigenvalue weighted by Crippen LogP contribution is 2.19. The van der Waals surface area contributed by atoms with Crippen molar-refractivity contribution in [3.63, 3.8) is 0 Å². The molecule has 0 aliphatic carbocycles. The molecule has 3 nitrogen and oxygen atoms in total. The number of nitrogens with zero attached hydrogens (tertiary/aromatic N) is 2. The normalized spacial score (nSPS) is 10.2. The van der Waals surface area contributed by atoms with Crippen molar-refractivity contribution in [2.45, 2.75) is 19.9 Å². The molecule has 1 aromatic rings. The maximum absolute atomic E-state index is 10.5. The molecule has 0 spiro atoms. The zero-order valence-electron chi connectivity index (χ0n) is 7.57. The molecule has 0 saturated heterocycles. The van der Waals surface area contributed by atoms with Crippen LogP contribution in [0, 0.1) is 4.91 Å². The van der Waals surface area contributed by atoms with Gasteiger partial charge in [0.15, 0.2) is 0 Å². The number of anilines is 1. The van der Waals surface area contributed by atoms with Gasteiger partial charge in [0, 0.05) is 5.02 Å². The van der Waals surface area contributed by atoms with Crippen LogP contribution in [0.15, 0.2) is 29.6 Å². The van der Waals surface area contributed by atoms with E-state index in [-0.39, 0.29) is 6.04 Å². The summed E-state index contributed by atoms with van der Waals surface area (Å²) in [4.78, 5) is 10.5. The van der Waals surface area contributed by atoms with E-state index < -0.39 is 0 Å². The Balaban J connectivity index is 2.92. The van der Waals surface area contributed by atoms with E-state index in [0.29, 0.717) is 5.02 Å². The van der Waals surface area contributed by atoms with E-state index >= 15 is 0 Å². The molecule has 0 heterocycles. The molecule has 13 heavy (non-hydrogen) atoms. The van der Waals surface area contributed by atoms with Crippen molar-refractivity contribution in [2.75, 3.05) is 5.01 Å². The molecule has 70 valence electrons. The second kappa shape index (κ2) is 4.23. The predicted octanol–water partition coefficient (Wildman–Crippen LogP) is 3.24. The van der Waals surface area contributed by atoms with Gasteiger partial charge < -0.3 is 0 Å². The van der Waals surface area contributed by atoms with Crippen LogP contribution in [0.4, 0.5) is 5.69 Å². The molecule has 0 N–H and O–H groups in total. The van der Waals surface area contributed by atoms with Gasteiger partial charge in [-0.05, 0) is 38.1 Å². The van der Waals surface area contributed by atoms with Crippen molar-refractivity contribution in [1.82, 2.24) is 0 Å². The smallest absolute Gasteiger partial charge is 0.0630 e. The lowest BCUT2D eigenvalue weighted by molar-refractivity contribution is 0.709. The zero-order valence-corrected chi connectivity index (χ0v) is 8.32. The molecule has 0 aromatic heterocycles. The van der Waals surface area contributed by atoms with Crippen LogP contribution in [-0.4, -0.2) is 6.04 Å². The summed E-state index contributed by atoms with van der Waals surface area (Å²) in [7, 11) is 0. The van der Waals surface area contributed by atoms with Crippen LogP contribution in [0.25, 0.3) is 0 Å². The molecule has 0 amide bonds. The van der Waals surface area contributed by atoms with Crippen LogP contribution >= 0.6 is 11.6 Å². The first kappa shape index (κ1) is 9.99. The molecular weight excluding hydrogens is 188 g/mol. The van der Waals surface area contributed by atoms with Crippen molar-refractivity contribution in [3.05, 3.63) is 34.2 Å². The van der Waals surface area contributed by atoms with E-state index in [9.17, 15) is 4.91 Å². The summed E-state index contributed by atoms with van der Waals surface area (Å²) in [5.41, 5.74) is 0.759. The Labute approximate surface area is 82.3 Å². The molecule has 0 atom stereocenters. The van der Waals surface area contributed by atoms with Gasteiger partial charge in [-0.3, -0.25) is 0 Å². The quantitative estimate of drug-likeness (QED) is 0.552. The summed E-state index contributed by atoms with van der Waals surface area (Å²) in [6, 6.07) is 7.06. The second-order valence-electron chi connectivity index (χ2n) is 3.00. The fourth-order valence-corrected chi connectivity index (χ4v) is 1.16. The minimum atomic E-state index is 0.0543. The Kier molecular flexibility index (Phi) is 3.25. The van der Waals surface area contributed by atoms with Crippen LogP contribution in [0.2, 0.25) is 5.02 Å².